The van der Waals surface area contributed by atoms with Gasteiger partial charge in [0, 0.05) is 17.7 Å². The number of unbranched alkanes of at least 4 members (excludes halogenated alkanes) is 2. The van der Waals surface area contributed by atoms with Crippen LogP contribution in [0.1, 0.15) is 66.2 Å². The molecule has 0 aromatic heterocycles. The zero-order valence-electron chi connectivity index (χ0n) is 18.0. The lowest BCUT2D eigenvalue weighted by Crippen LogP contribution is -2.12. The van der Waals surface area contributed by atoms with Crippen molar-refractivity contribution < 1.29 is 29.0 Å². The van der Waals surface area contributed by atoms with Crippen LogP contribution in [-0.4, -0.2) is 36.2 Å². The predicted molar refractivity (Wildman–Crippen MR) is 113 cm³/mol. The van der Waals surface area contributed by atoms with Crippen LogP contribution in [0.3, 0.4) is 0 Å². The molecule has 0 heterocycles. The fourth-order valence-electron chi connectivity index (χ4n) is 1.53. The van der Waals surface area contributed by atoms with E-state index in [0.717, 1.165) is 25.7 Å². The molecule has 1 atom stereocenters. The van der Waals surface area contributed by atoms with Gasteiger partial charge in [0.1, 0.15) is 0 Å². The summed E-state index contributed by atoms with van der Waals surface area (Å²) in [6.45, 7) is 18.6. The molecule has 6 nitrogen and oxygen atoms in total. The largest absolute Gasteiger partial charge is 0.478 e. The topological polar surface area (TPSA) is 89.9 Å². The van der Waals surface area contributed by atoms with E-state index in [-0.39, 0.29) is 17.5 Å². The van der Waals surface area contributed by atoms with Crippen LogP contribution in [0, 0.1) is 5.92 Å². The Balaban J connectivity index is -0.000000362. The molecule has 0 aliphatic carbocycles. The van der Waals surface area contributed by atoms with E-state index in [2.05, 4.69) is 38.3 Å². The number of hydrogen-bond acceptors (Lipinski definition) is 5. The molecule has 162 valence electrons. The molecule has 6 heteroatoms. The molecular weight excluding hydrogens is 360 g/mol. The van der Waals surface area contributed by atoms with Gasteiger partial charge in [-0.1, -0.05) is 66.2 Å². The molecule has 0 spiro atoms. The number of carboxylic acid groups (broad SMARTS) is 1. The minimum atomic E-state index is -0.935. The number of ether oxygens (including phenoxy) is 2. The van der Waals surface area contributed by atoms with Gasteiger partial charge in [0.2, 0.25) is 0 Å². The molecular formula is C22H38O6. The highest BCUT2D eigenvalue weighted by molar-refractivity contribution is 5.84. The van der Waals surface area contributed by atoms with Gasteiger partial charge in [0.15, 0.2) is 0 Å². The maximum Gasteiger partial charge on any atom is 0.330 e. The molecule has 0 aromatic rings. The number of hydrogen-bond donors (Lipinski definition) is 1. The van der Waals surface area contributed by atoms with Crippen molar-refractivity contribution in [2.75, 3.05) is 13.2 Å². The number of rotatable bonds is 12. The molecule has 0 fully saturated rings. The highest BCUT2D eigenvalue weighted by Crippen LogP contribution is 2.12. The Morgan fingerprint density at radius 2 is 1.43 bits per heavy atom. The lowest BCUT2D eigenvalue weighted by atomic mass is 10.0. The normalized spacial score (nSPS) is 10.0. The molecule has 0 radical (unpaired) electrons. The lowest BCUT2D eigenvalue weighted by molar-refractivity contribution is -0.139. The van der Waals surface area contributed by atoms with E-state index in [0.29, 0.717) is 19.1 Å². The van der Waals surface area contributed by atoms with Gasteiger partial charge in [-0.25, -0.2) is 14.4 Å². The van der Waals surface area contributed by atoms with Crippen LogP contribution < -0.4 is 0 Å². The number of carbonyl (C=O) groups excluding carboxylic acids is 2. The third kappa shape index (κ3) is 25.9. The van der Waals surface area contributed by atoms with Crippen molar-refractivity contribution in [2.24, 2.45) is 5.92 Å². The quantitative estimate of drug-likeness (QED) is 0.280. The van der Waals surface area contributed by atoms with Crippen molar-refractivity contribution in [1.82, 2.24) is 0 Å². The first-order chi connectivity index (χ1) is 13.2. The van der Waals surface area contributed by atoms with Gasteiger partial charge in [-0.3, -0.25) is 0 Å². The van der Waals surface area contributed by atoms with Gasteiger partial charge in [-0.05, 0) is 25.7 Å². The summed E-state index contributed by atoms with van der Waals surface area (Å²) in [5.41, 5.74) is 0.176. The minimum Gasteiger partial charge on any atom is -0.478 e. The van der Waals surface area contributed by atoms with E-state index >= 15 is 0 Å². The van der Waals surface area contributed by atoms with Crippen LogP contribution in [0.25, 0.3) is 0 Å². The van der Waals surface area contributed by atoms with Crippen LogP contribution in [0.5, 0.6) is 0 Å². The highest BCUT2D eigenvalue weighted by atomic mass is 16.5. The minimum absolute atomic E-state index is 0.176. The fourth-order valence-corrected chi connectivity index (χ4v) is 1.53. The summed E-state index contributed by atoms with van der Waals surface area (Å²) in [5, 5.41) is 7.89. The molecule has 0 rings (SSSR count). The second-order valence-electron chi connectivity index (χ2n) is 6.06. The first kappa shape index (κ1) is 30.4. The first-order valence-electron chi connectivity index (χ1n) is 9.67. The Labute approximate surface area is 170 Å². The Morgan fingerprint density at radius 1 is 0.964 bits per heavy atom. The third-order valence-electron chi connectivity index (χ3n) is 3.45. The number of carboxylic acids is 1. The molecule has 1 N–H and O–H groups in total. The molecule has 0 saturated carbocycles. The predicted octanol–water partition coefficient (Wildman–Crippen LogP) is 5.09. The van der Waals surface area contributed by atoms with Crippen molar-refractivity contribution in [2.45, 2.75) is 66.2 Å². The smallest absolute Gasteiger partial charge is 0.330 e. The molecule has 0 saturated heterocycles. The molecule has 0 aromatic carbocycles. The molecule has 0 aliphatic heterocycles. The highest BCUT2D eigenvalue weighted by Gasteiger charge is 2.07. The van der Waals surface area contributed by atoms with Crippen molar-refractivity contribution in [3.63, 3.8) is 0 Å². The summed E-state index contributed by atoms with van der Waals surface area (Å²) in [5.74, 6) is -1.06. The van der Waals surface area contributed by atoms with Crippen molar-refractivity contribution in [3.05, 3.63) is 37.5 Å². The zero-order chi connectivity index (χ0) is 22.4. The van der Waals surface area contributed by atoms with Crippen molar-refractivity contribution in [3.8, 4) is 0 Å². The lowest BCUT2D eigenvalue weighted by Gasteiger charge is -2.13. The van der Waals surface area contributed by atoms with E-state index in [1.54, 1.807) is 0 Å². The van der Waals surface area contributed by atoms with E-state index in [4.69, 9.17) is 9.84 Å². The molecule has 28 heavy (non-hydrogen) atoms. The van der Waals surface area contributed by atoms with Gasteiger partial charge in [0.25, 0.3) is 0 Å². The van der Waals surface area contributed by atoms with E-state index < -0.39 is 5.97 Å². The number of carbonyl (C=O) groups is 3. The third-order valence-corrected chi connectivity index (χ3v) is 3.45. The second kappa shape index (κ2) is 22.7. The summed E-state index contributed by atoms with van der Waals surface area (Å²) in [4.78, 5) is 30.7. The fraction of sp³-hybridized carbons (Fsp3) is 0.591. The van der Waals surface area contributed by atoms with Crippen molar-refractivity contribution >= 4 is 17.9 Å². The van der Waals surface area contributed by atoms with Crippen LogP contribution in [0.15, 0.2) is 37.5 Å². The average molecular weight is 399 g/mol. The van der Waals surface area contributed by atoms with E-state index in [1.165, 1.54) is 31.9 Å². The zero-order valence-corrected chi connectivity index (χ0v) is 18.0. The van der Waals surface area contributed by atoms with Gasteiger partial charge in [-0.15, -0.1) is 0 Å². The molecule has 0 aliphatic rings. The standard InChI is InChI=1S/C11H20O2.C7H12O2.C4H6O2/c1-4-7-8-10(5-2)9-13-11(12)6-3;1-3-5-6-9-7(8)4-2;1-3(2)4(5)6/h6,10H,3-5,7-9H2,1-2H3;4H,2-3,5-6H2,1H3;1H2,2H3,(H,5,6). The molecule has 0 amide bonds. The van der Waals surface area contributed by atoms with Crippen molar-refractivity contribution in [1.29, 1.82) is 0 Å². The summed E-state index contributed by atoms with van der Waals surface area (Å²) in [6, 6.07) is 0. The summed E-state index contributed by atoms with van der Waals surface area (Å²) in [7, 11) is 0. The Kier molecular flexibility index (Phi) is 24.6. The van der Waals surface area contributed by atoms with Gasteiger partial charge >= 0.3 is 17.9 Å². The van der Waals surface area contributed by atoms with Crippen LogP contribution in [0.4, 0.5) is 0 Å². The number of aliphatic carboxylic acids is 1. The number of esters is 2. The van der Waals surface area contributed by atoms with Crippen LogP contribution >= 0.6 is 0 Å². The average Bonchev–Trinajstić information content (AvgIpc) is 2.68. The van der Waals surface area contributed by atoms with E-state index in [9.17, 15) is 14.4 Å². The van der Waals surface area contributed by atoms with Gasteiger partial charge < -0.3 is 14.6 Å². The maximum atomic E-state index is 10.8. The Bertz CT molecular complexity index is 456. The first-order valence-corrected chi connectivity index (χ1v) is 9.67. The van der Waals surface area contributed by atoms with Crippen LogP contribution in [-0.2, 0) is 23.9 Å². The molecule has 0 bridgehead atoms. The maximum absolute atomic E-state index is 10.8. The second-order valence-corrected chi connectivity index (χ2v) is 6.06. The summed E-state index contributed by atoms with van der Waals surface area (Å²) in [6.07, 6.45) is 9.00. The molecule has 1 unspecified atom stereocenters. The summed E-state index contributed by atoms with van der Waals surface area (Å²) >= 11 is 0. The SMILES string of the molecule is C=C(C)C(=O)O.C=CC(=O)OCC(CC)CCCC.C=CC(=O)OCCCC. The monoisotopic (exact) mass is 398 g/mol. The Hall–Kier alpha value is -2.37. The summed E-state index contributed by atoms with van der Waals surface area (Å²) < 4.78 is 9.66. The van der Waals surface area contributed by atoms with E-state index in [1.807, 2.05) is 6.92 Å². The van der Waals surface area contributed by atoms with Crippen LogP contribution in [0.2, 0.25) is 0 Å². The van der Waals surface area contributed by atoms with Gasteiger partial charge in [-0.2, -0.15) is 0 Å². The van der Waals surface area contributed by atoms with Gasteiger partial charge in [0.05, 0.1) is 13.2 Å². The Morgan fingerprint density at radius 3 is 1.79 bits per heavy atom.